The van der Waals surface area contributed by atoms with Gasteiger partial charge in [-0.15, -0.1) is 0 Å². The minimum absolute atomic E-state index is 0.115. The first-order valence-electron chi connectivity index (χ1n) is 8.37. The van der Waals surface area contributed by atoms with E-state index in [-0.39, 0.29) is 11.7 Å². The fourth-order valence-electron chi connectivity index (χ4n) is 2.98. The Hall–Kier alpha value is -2.53. The molecule has 0 saturated carbocycles. The molecule has 1 aliphatic rings. The van der Waals surface area contributed by atoms with E-state index in [9.17, 15) is 9.59 Å². The molecule has 5 nitrogen and oxygen atoms in total. The van der Waals surface area contributed by atoms with Crippen LogP contribution >= 0.6 is 11.6 Å². The van der Waals surface area contributed by atoms with Gasteiger partial charge in [-0.25, -0.2) is 0 Å². The highest BCUT2D eigenvalue weighted by molar-refractivity contribution is 6.31. The van der Waals surface area contributed by atoms with Crippen molar-refractivity contribution in [2.24, 2.45) is 0 Å². The number of benzene rings is 2. The molecular weight excluding hydrogens is 354 g/mol. The van der Waals surface area contributed by atoms with Gasteiger partial charge in [-0.2, -0.15) is 0 Å². The fourth-order valence-corrected chi connectivity index (χ4v) is 3.13. The van der Waals surface area contributed by atoms with Crippen LogP contribution in [-0.4, -0.2) is 24.9 Å². The predicted octanol–water partition coefficient (Wildman–Crippen LogP) is 4.19. The molecule has 0 fully saturated rings. The van der Waals surface area contributed by atoms with Crippen molar-refractivity contribution in [1.29, 1.82) is 0 Å². The monoisotopic (exact) mass is 373 g/mol. The Morgan fingerprint density at radius 2 is 2.00 bits per heavy atom. The first-order chi connectivity index (χ1) is 12.4. The molecule has 0 aromatic heterocycles. The van der Waals surface area contributed by atoms with Gasteiger partial charge in [0.1, 0.15) is 11.5 Å². The molecule has 2 aromatic rings. The number of halogens is 1. The van der Waals surface area contributed by atoms with E-state index in [2.05, 4.69) is 5.32 Å². The van der Waals surface area contributed by atoms with Crippen molar-refractivity contribution in [1.82, 2.24) is 0 Å². The number of hydrogen-bond acceptors (Lipinski definition) is 4. The lowest BCUT2D eigenvalue weighted by molar-refractivity contribution is -0.122. The van der Waals surface area contributed by atoms with Gasteiger partial charge >= 0.3 is 0 Å². The van der Waals surface area contributed by atoms with Gasteiger partial charge in [-0.05, 0) is 38.0 Å². The standard InChI is InChI=1S/C20H20ClNO4/c1-11-9-16(19(25-3)10-15(11)21)22-20(24)12(2)26-18-6-4-5-13-14(18)7-8-17(13)23/h4-6,9-10,12H,7-8H2,1-3H3,(H,22,24). The number of ketones is 1. The molecule has 0 aliphatic heterocycles. The largest absolute Gasteiger partial charge is 0.495 e. The highest BCUT2D eigenvalue weighted by Crippen LogP contribution is 2.33. The van der Waals surface area contributed by atoms with Crippen LogP contribution in [0.3, 0.4) is 0 Å². The Morgan fingerprint density at radius 3 is 2.73 bits per heavy atom. The zero-order valence-corrected chi connectivity index (χ0v) is 15.6. The Kier molecular flexibility index (Phi) is 5.18. The summed E-state index contributed by atoms with van der Waals surface area (Å²) in [4.78, 5) is 24.4. The van der Waals surface area contributed by atoms with Crippen molar-refractivity contribution < 1.29 is 19.1 Å². The number of anilines is 1. The third-order valence-corrected chi connectivity index (χ3v) is 4.85. The van der Waals surface area contributed by atoms with Gasteiger partial charge in [-0.1, -0.05) is 23.7 Å². The molecule has 1 N–H and O–H groups in total. The number of hydrogen-bond donors (Lipinski definition) is 1. The molecule has 136 valence electrons. The van der Waals surface area contributed by atoms with Crippen LogP contribution in [0.2, 0.25) is 5.02 Å². The average molecular weight is 374 g/mol. The van der Waals surface area contributed by atoms with Crippen LogP contribution in [0.1, 0.15) is 34.8 Å². The first-order valence-corrected chi connectivity index (χ1v) is 8.75. The molecule has 1 amide bonds. The summed E-state index contributed by atoms with van der Waals surface area (Å²) in [5.41, 5.74) is 2.92. The molecule has 2 aromatic carbocycles. The second-order valence-electron chi connectivity index (χ2n) is 6.26. The summed E-state index contributed by atoms with van der Waals surface area (Å²) in [6, 6.07) is 8.77. The smallest absolute Gasteiger partial charge is 0.265 e. The third kappa shape index (κ3) is 3.53. The summed E-state index contributed by atoms with van der Waals surface area (Å²) in [6.45, 7) is 3.52. The van der Waals surface area contributed by atoms with Crippen LogP contribution in [0.5, 0.6) is 11.5 Å². The van der Waals surface area contributed by atoms with Crippen LogP contribution in [0.4, 0.5) is 5.69 Å². The van der Waals surface area contributed by atoms with E-state index < -0.39 is 6.10 Å². The van der Waals surface area contributed by atoms with E-state index in [0.29, 0.717) is 40.6 Å². The van der Waals surface area contributed by atoms with Gasteiger partial charge in [0, 0.05) is 28.6 Å². The maximum Gasteiger partial charge on any atom is 0.265 e. The van der Waals surface area contributed by atoms with Crippen molar-refractivity contribution in [3.05, 3.63) is 52.0 Å². The topological polar surface area (TPSA) is 64.6 Å². The number of rotatable bonds is 5. The van der Waals surface area contributed by atoms with Gasteiger partial charge in [0.05, 0.1) is 12.8 Å². The van der Waals surface area contributed by atoms with Crippen LogP contribution < -0.4 is 14.8 Å². The van der Waals surface area contributed by atoms with Gasteiger partial charge in [0.25, 0.3) is 5.91 Å². The quantitative estimate of drug-likeness (QED) is 0.853. The number of ether oxygens (including phenoxy) is 2. The van der Waals surface area contributed by atoms with E-state index in [4.69, 9.17) is 21.1 Å². The summed E-state index contributed by atoms with van der Waals surface area (Å²) in [5, 5.41) is 3.38. The van der Waals surface area contributed by atoms with Gasteiger partial charge in [-0.3, -0.25) is 9.59 Å². The summed E-state index contributed by atoms with van der Waals surface area (Å²) < 4.78 is 11.1. The molecule has 0 saturated heterocycles. The normalized spacial score (nSPS) is 13.9. The van der Waals surface area contributed by atoms with E-state index in [1.54, 1.807) is 37.3 Å². The summed E-state index contributed by atoms with van der Waals surface area (Å²) in [5.74, 6) is 0.860. The predicted molar refractivity (Wildman–Crippen MR) is 101 cm³/mol. The molecule has 1 aliphatic carbocycles. The minimum atomic E-state index is -0.738. The highest BCUT2D eigenvalue weighted by atomic mass is 35.5. The van der Waals surface area contributed by atoms with E-state index in [1.807, 2.05) is 6.92 Å². The lowest BCUT2D eigenvalue weighted by Gasteiger charge is -2.18. The third-order valence-electron chi connectivity index (χ3n) is 4.45. The van der Waals surface area contributed by atoms with Crippen LogP contribution in [-0.2, 0) is 11.2 Å². The summed E-state index contributed by atoms with van der Waals surface area (Å²) in [6.07, 6.45) is 0.387. The van der Waals surface area contributed by atoms with Crippen LogP contribution in [0.15, 0.2) is 30.3 Å². The second-order valence-corrected chi connectivity index (χ2v) is 6.66. The zero-order chi connectivity index (χ0) is 18.8. The van der Waals surface area contributed by atoms with E-state index in [0.717, 1.165) is 11.1 Å². The molecule has 0 bridgehead atoms. The number of nitrogens with one attached hydrogen (secondary N) is 1. The number of fused-ring (bicyclic) bond motifs is 1. The number of aryl methyl sites for hydroxylation is 1. The molecule has 1 unspecified atom stereocenters. The molecular formula is C20H20ClNO4. The number of methoxy groups -OCH3 is 1. The van der Waals surface area contributed by atoms with Crippen molar-refractivity contribution in [2.45, 2.75) is 32.8 Å². The van der Waals surface area contributed by atoms with Crippen molar-refractivity contribution >= 4 is 29.0 Å². The molecule has 6 heteroatoms. The number of carbonyl (C=O) groups excluding carboxylic acids is 2. The van der Waals surface area contributed by atoms with Gasteiger partial charge in [0.2, 0.25) is 0 Å². The van der Waals surface area contributed by atoms with Crippen molar-refractivity contribution in [3.63, 3.8) is 0 Å². The lowest BCUT2D eigenvalue weighted by Crippen LogP contribution is -2.30. The van der Waals surface area contributed by atoms with Crippen molar-refractivity contribution in [2.75, 3.05) is 12.4 Å². The number of carbonyl (C=O) groups is 2. The molecule has 0 spiro atoms. The fraction of sp³-hybridized carbons (Fsp3) is 0.300. The number of Topliss-reactive ketones (excluding diaryl/α,β-unsaturated/α-hetero) is 1. The zero-order valence-electron chi connectivity index (χ0n) is 14.9. The Balaban J connectivity index is 1.76. The maximum absolute atomic E-state index is 12.6. The molecule has 0 radical (unpaired) electrons. The van der Waals surface area contributed by atoms with Gasteiger partial charge in [0.15, 0.2) is 11.9 Å². The molecule has 0 heterocycles. The van der Waals surface area contributed by atoms with Gasteiger partial charge < -0.3 is 14.8 Å². The van der Waals surface area contributed by atoms with Crippen LogP contribution in [0, 0.1) is 6.92 Å². The SMILES string of the molecule is COc1cc(Cl)c(C)cc1NC(=O)C(C)Oc1cccc2c1CCC2=O. The lowest BCUT2D eigenvalue weighted by atomic mass is 10.1. The molecule has 1 atom stereocenters. The first kappa shape index (κ1) is 18.3. The average Bonchev–Trinajstić information content (AvgIpc) is 3.00. The maximum atomic E-state index is 12.6. The number of amides is 1. The Morgan fingerprint density at radius 1 is 1.23 bits per heavy atom. The van der Waals surface area contributed by atoms with Crippen molar-refractivity contribution in [3.8, 4) is 11.5 Å². The minimum Gasteiger partial charge on any atom is -0.495 e. The Bertz CT molecular complexity index is 878. The summed E-state index contributed by atoms with van der Waals surface area (Å²) in [7, 11) is 1.51. The van der Waals surface area contributed by atoms with Crippen LogP contribution in [0.25, 0.3) is 0 Å². The second kappa shape index (κ2) is 7.38. The molecule has 3 rings (SSSR count). The Labute approximate surface area is 157 Å². The highest BCUT2D eigenvalue weighted by Gasteiger charge is 2.25. The van der Waals surface area contributed by atoms with E-state index >= 15 is 0 Å². The molecule has 26 heavy (non-hydrogen) atoms. The van der Waals surface area contributed by atoms with E-state index in [1.165, 1.54) is 7.11 Å². The summed E-state index contributed by atoms with van der Waals surface area (Å²) >= 11 is 6.09.